The van der Waals surface area contributed by atoms with Gasteiger partial charge in [-0.25, -0.2) is 4.68 Å². The van der Waals surface area contributed by atoms with Gasteiger partial charge in [0.1, 0.15) is 0 Å². The Balaban J connectivity index is 2.50. The molecule has 0 saturated heterocycles. The van der Waals surface area contributed by atoms with Gasteiger partial charge in [0.15, 0.2) is 11.5 Å². The summed E-state index contributed by atoms with van der Waals surface area (Å²) >= 11 is 0. The topological polar surface area (TPSA) is 136 Å². The Hall–Kier alpha value is -3.63. The number of aromatic amines is 1. The number of aromatic nitrogens is 4. The van der Waals surface area contributed by atoms with Crippen molar-refractivity contribution in [2.75, 3.05) is 5.32 Å². The summed E-state index contributed by atoms with van der Waals surface area (Å²) in [4.78, 5) is 21.8. The molecule has 0 amide bonds. The summed E-state index contributed by atoms with van der Waals surface area (Å²) in [7, 11) is 0. The second-order valence-electron chi connectivity index (χ2n) is 5.30. The smallest absolute Gasteiger partial charge is 0.358 e. The molecule has 0 atom stereocenters. The third-order valence-corrected chi connectivity index (χ3v) is 3.08. The van der Waals surface area contributed by atoms with Crippen LogP contribution in [0.1, 0.15) is 26.8 Å². The zero-order valence-electron chi connectivity index (χ0n) is 14.2. The van der Waals surface area contributed by atoms with Crippen molar-refractivity contribution >= 4 is 23.1 Å². The highest BCUT2D eigenvalue weighted by Gasteiger charge is 2.44. The summed E-state index contributed by atoms with van der Waals surface area (Å²) < 4.78 is 38.8. The Morgan fingerprint density at radius 1 is 1.41 bits per heavy atom. The minimum atomic E-state index is -5.11. The minimum Gasteiger partial charge on any atom is -0.358 e. The molecule has 0 spiro atoms. The highest BCUT2D eigenvalue weighted by atomic mass is 19.4. The van der Waals surface area contributed by atoms with Crippen molar-refractivity contribution in [2.45, 2.75) is 33.1 Å². The number of hydrogen-bond acceptors (Lipinski definition) is 7. The SMILES string of the molecule is CC#CNc1[nH]n(C(C)C)c(=O)c1N=Nc1cc([N+](=O)[O-])n(C(F)(F)F)n1. The number of alkyl halides is 3. The molecule has 0 aromatic carbocycles. The maximum absolute atomic E-state index is 12.8. The molecule has 2 aromatic heterocycles. The summed E-state index contributed by atoms with van der Waals surface area (Å²) in [5, 5.41) is 26.0. The van der Waals surface area contributed by atoms with Crippen LogP contribution in [0, 0.1) is 22.1 Å². The Labute approximate surface area is 149 Å². The Morgan fingerprint density at radius 2 is 2.07 bits per heavy atom. The van der Waals surface area contributed by atoms with Crippen LogP contribution in [-0.4, -0.2) is 24.5 Å². The van der Waals surface area contributed by atoms with Crippen LogP contribution in [0.15, 0.2) is 21.1 Å². The van der Waals surface area contributed by atoms with Crippen molar-refractivity contribution in [2.24, 2.45) is 10.2 Å². The van der Waals surface area contributed by atoms with Crippen LogP contribution in [0.3, 0.4) is 0 Å². The maximum Gasteiger partial charge on any atom is 0.587 e. The lowest BCUT2D eigenvalue weighted by atomic mass is 10.4. The summed E-state index contributed by atoms with van der Waals surface area (Å²) in [5.74, 6) is 0.576. The number of rotatable bonds is 5. The van der Waals surface area contributed by atoms with E-state index in [0.717, 1.165) is 0 Å². The summed E-state index contributed by atoms with van der Waals surface area (Å²) in [5.41, 5.74) is -0.880. The molecule has 0 bridgehead atoms. The van der Waals surface area contributed by atoms with Gasteiger partial charge in [-0.1, -0.05) is 11.0 Å². The molecule has 14 heteroatoms. The van der Waals surface area contributed by atoms with E-state index in [1.165, 1.54) is 11.6 Å². The number of nitro groups is 1. The van der Waals surface area contributed by atoms with E-state index in [9.17, 15) is 28.1 Å². The summed E-state index contributed by atoms with van der Waals surface area (Å²) in [6, 6.07) is 2.70. The van der Waals surface area contributed by atoms with E-state index < -0.39 is 33.1 Å². The number of azo groups is 1. The van der Waals surface area contributed by atoms with E-state index in [4.69, 9.17) is 0 Å². The highest BCUT2D eigenvalue weighted by Crippen LogP contribution is 2.31. The molecule has 2 N–H and O–H groups in total. The molecule has 2 rings (SSSR count). The molecule has 2 heterocycles. The van der Waals surface area contributed by atoms with E-state index in [1.807, 2.05) is 0 Å². The third-order valence-electron chi connectivity index (χ3n) is 3.08. The molecule has 144 valence electrons. The van der Waals surface area contributed by atoms with Crippen molar-refractivity contribution in [3.8, 4) is 12.0 Å². The number of hydrogen-bond donors (Lipinski definition) is 2. The molecule has 0 radical (unpaired) electrons. The van der Waals surface area contributed by atoms with Crippen LogP contribution in [0.25, 0.3) is 0 Å². The van der Waals surface area contributed by atoms with Crippen molar-refractivity contribution < 1.29 is 18.1 Å². The molecule has 11 nitrogen and oxygen atoms in total. The lowest BCUT2D eigenvalue weighted by molar-refractivity contribution is -0.401. The van der Waals surface area contributed by atoms with Crippen LogP contribution in [0.2, 0.25) is 0 Å². The molecule has 2 aromatic rings. The second kappa shape index (κ2) is 7.32. The Morgan fingerprint density at radius 3 is 2.56 bits per heavy atom. The molecule has 0 aliphatic heterocycles. The first-order valence-corrected chi connectivity index (χ1v) is 7.32. The van der Waals surface area contributed by atoms with Gasteiger partial charge in [-0.05, 0) is 30.4 Å². The maximum atomic E-state index is 12.8. The molecular formula is C13H13F3N8O3. The lowest BCUT2D eigenvalue weighted by Gasteiger charge is -2.03. The normalized spacial score (nSPS) is 11.7. The molecule has 0 aliphatic carbocycles. The standard InChI is InChI=1S/C13H13F3N8O3/c1-4-5-17-11-10(12(25)22(21-11)7(2)3)19-18-8-6-9(24(26)27)23(20-8)13(14,15)16/h6-7,17,21H,1-3H3. The zero-order chi connectivity index (χ0) is 20.4. The molecule has 0 unspecified atom stereocenters. The van der Waals surface area contributed by atoms with Gasteiger partial charge in [0.05, 0.1) is 6.07 Å². The van der Waals surface area contributed by atoms with Crippen molar-refractivity contribution in [3.63, 3.8) is 0 Å². The zero-order valence-corrected chi connectivity index (χ0v) is 14.2. The van der Waals surface area contributed by atoms with Gasteiger partial charge < -0.3 is 10.1 Å². The number of nitrogens with zero attached hydrogens (tertiary/aromatic N) is 6. The molecule has 27 heavy (non-hydrogen) atoms. The van der Waals surface area contributed by atoms with Gasteiger partial charge in [-0.2, -0.15) is 0 Å². The van der Waals surface area contributed by atoms with Crippen LogP contribution >= 0.6 is 0 Å². The summed E-state index contributed by atoms with van der Waals surface area (Å²) in [6.07, 6.45) is -5.11. The highest BCUT2D eigenvalue weighted by molar-refractivity contribution is 5.61. The molecule has 0 aliphatic rings. The van der Waals surface area contributed by atoms with E-state index in [0.29, 0.717) is 6.07 Å². The summed E-state index contributed by atoms with van der Waals surface area (Å²) in [6.45, 7) is 4.96. The van der Waals surface area contributed by atoms with Crippen molar-refractivity contribution in [1.29, 1.82) is 0 Å². The first kappa shape index (κ1) is 19.7. The molecular weight excluding hydrogens is 373 g/mol. The van der Waals surface area contributed by atoms with E-state index in [1.54, 1.807) is 13.8 Å². The molecule has 0 saturated carbocycles. The Bertz CT molecular complexity index is 1000. The largest absolute Gasteiger partial charge is 0.587 e. The van der Waals surface area contributed by atoms with Gasteiger partial charge in [0.2, 0.25) is 5.82 Å². The van der Waals surface area contributed by atoms with Crippen LogP contribution in [0.5, 0.6) is 0 Å². The van der Waals surface area contributed by atoms with Gasteiger partial charge >= 0.3 is 12.1 Å². The van der Waals surface area contributed by atoms with E-state index >= 15 is 0 Å². The fraction of sp³-hybridized carbons (Fsp3) is 0.385. The van der Waals surface area contributed by atoms with Crippen molar-refractivity contribution in [3.05, 3.63) is 26.5 Å². The first-order valence-electron chi connectivity index (χ1n) is 7.32. The van der Waals surface area contributed by atoms with E-state index in [-0.39, 0.29) is 17.5 Å². The Kier molecular flexibility index (Phi) is 5.34. The van der Waals surface area contributed by atoms with Crippen LogP contribution < -0.4 is 10.9 Å². The van der Waals surface area contributed by atoms with E-state index in [2.05, 4.69) is 37.7 Å². The number of H-pyrrole nitrogens is 1. The van der Waals surface area contributed by atoms with Gasteiger partial charge in [0, 0.05) is 12.1 Å². The minimum absolute atomic E-state index is 0.0663. The number of nitrogens with one attached hydrogen (secondary N) is 2. The monoisotopic (exact) mass is 386 g/mol. The van der Waals surface area contributed by atoms with Crippen LogP contribution in [0.4, 0.5) is 36.3 Å². The van der Waals surface area contributed by atoms with Gasteiger partial charge in [-0.3, -0.25) is 15.2 Å². The number of anilines is 1. The number of halogens is 3. The van der Waals surface area contributed by atoms with Gasteiger partial charge in [-0.15, -0.1) is 23.4 Å². The third kappa shape index (κ3) is 4.14. The predicted molar refractivity (Wildman–Crippen MR) is 86.9 cm³/mol. The lowest BCUT2D eigenvalue weighted by Crippen LogP contribution is -2.19. The second-order valence-corrected chi connectivity index (χ2v) is 5.30. The van der Waals surface area contributed by atoms with Gasteiger partial charge in [0.25, 0.3) is 5.56 Å². The molecule has 0 fully saturated rings. The quantitative estimate of drug-likeness (QED) is 0.267. The van der Waals surface area contributed by atoms with Crippen LogP contribution in [-0.2, 0) is 6.30 Å². The fourth-order valence-electron chi connectivity index (χ4n) is 1.94. The average Bonchev–Trinajstić information content (AvgIpc) is 3.12. The average molecular weight is 386 g/mol. The fourth-order valence-corrected chi connectivity index (χ4v) is 1.94. The van der Waals surface area contributed by atoms with Crippen molar-refractivity contribution in [1.82, 2.24) is 19.6 Å². The predicted octanol–water partition coefficient (Wildman–Crippen LogP) is 3.15. The first-order chi connectivity index (χ1) is 12.6.